The largest absolute Gasteiger partial charge is 0.481 e. The van der Waals surface area contributed by atoms with Crippen LogP contribution in [0.2, 0.25) is 0 Å². The Bertz CT molecular complexity index is 818. The van der Waals surface area contributed by atoms with Crippen LogP contribution in [0, 0.1) is 0 Å². The van der Waals surface area contributed by atoms with E-state index in [2.05, 4.69) is 39.9 Å². The van der Waals surface area contributed by atoms with Crippen molar-refractivity contribution in [1.29, 1.82) is 0 Å². The number of hydrogen-bond acceptors (Lipinski definition) is 4. The third kappa shape index (κ3) is 3.14. The number of nitrogens with one attached hydrogen (secondary N) is 1. The van der Waals surface area contributed by atoms with Gasteiger partial charge in [0.2, 0.25) is 5.88 Å². The Morgan fingerprint density at radius 2 is 2.04 bits per heavy atom. The van der Waals surface area contributed by atoms with Gasteiger partial charge < -0.3 is 14.6 Å². The SMILES string of the molecule is COc1c(CNCCn2cnc3ccccc32)c(C(C)C)nn1C. The van der Waals surface area contributed by atoms with Gasteiger partial charge in [0.05, 0.1) is 35.7 Å². The van der Waals surface area contributed by atoms with Crippen molar-refractivity contribution >= 4 is 11.0 Å². The molecule has 0 amide bonds. The number of imidazole rings is 1. The van der Waals surface area contributed by atoms with Crippen molar-refractivity contribution in [3.8, 4) is 5.88 Å². The predicted molar refractivity (Wildman–Crippen MR) is 95.3 cm³/mol. The maximum Gasteiger partial charge on any atom is 0.216 e. The second kappa shape index (κ2) is 7.05. The van der Waals surface area contributed by atoms with E-state index in [1.165, 1.54) is 5.52 Å². The Labute approximate surface area is 142 Å². The van der Waals surface area contributed by atoms with Crippen LogP contribution in [0.5, 0.6) is 5.88 Å². The molecule has 0 unspecified atom stereocenters. The molecule has 128 valence electrons. The van der Waals surface area contributed by atoms with Gasteiger partial charge in [0.25, 0.3) is 0 Å². The first-order valence-corrected chi connectivity index (χ1v) is 8.32. The quantitative estimate of drug-likeness (QED) is 0.678. The highest BCUT2D eigenvalue weighted by Crippen LogP contribution is 2.26. The second-order valence-corrected chi connectivity index (χ2v) is 6.25. The van der Waals surface area contributed by atoms with E-state index in [-0.39, 0.29) is 0 Å². The third-order valence-electron chi connectivity index (χ3n) is 4.22. The minimum Gasteiger partial charge on any atom is -0.481 e. The van der Waals surface area contributed by atoms with Crippen LogP contribution >= 0.6 is 0 Å². The summed E-state index contributed by atoms with van der Waals surface area (Å²) in [5.41, 5.74) is 4.44. The lowest BCUT2D eigenvalue weighted by Crippen LogP contribution is -2.20. The number of ether oxygens (including phenoxy) is 1. The summed E-state index contributed by atoms with van der Waals surface area (Å²) < 4.78 is 9.50. The number of aryl methyl sites for hydroxylation is 1. The lowest BCUT2D eigenvalue weighted by atomic mass is 10.1. The standard InChI is InChI=1S/C18H25N5O/c1-13(2)17-14(18(24-4)22(3)21-17)11-19-9-10-23-12-20-15-7-5-6-8-16(15)23/h5-8,12-13,19H,9-11H2,1-4H3. The fraction of sp³-hybridized carbons (Fsp3) is 0.444. The summed E-state index contributed by atoms with van der Waals surface area (Å²) in [6.07, 6.45) is 1.90. The molecule has 0 aliphatic heterocycles. The van der Waals surface area contributed by atoms with Gasteiger partial charge in [-0.2, -0.15) is 5.10 Å². The molecular formula is C18H25N5O. The summed E-state index contributed by atoms with van der Waals surface area (Å²) in [5.74, 6) is 1.20. The van der Waals surface area contributed by atoms with E-state index in [1.54, 1.807) is 7.11 Å². The summed E-state index contributed by atoms with van der Waals surface area (Å²) >= 11 is 0. The van der Waals surface area contributed by atoms with Crippen LogP contribution in [-0.4, -0.2) is 33.0 Å². The maximum absolute atomic E-state index is 5.51. The van der Waals surface area contributed by atoms with Gasteiger partial charge in [-0.3, -0.25) is 0 Å². The van der Waals surface area contributed by atoms with Crippen LogP contribution in [0.15, 0.2) is 30.6 Å². The number of methoxy groups -OCH3 is 1. The van der Waals surface area contributed by atoms with Crippen molar-refractivity contribution in [2.75, 3.05) is 13.7 Å². The first kappa shape index (κ1) is 16.5. The van der Waals surface area contributed by atoms with Crippen molar-refractivity contribution in [3.63, 3.8) is 0 Å². The third-order valence-corrected chi connectivity index (χ3v) is 4.22. The molecule has 3 rings (SSSR count). The van der Waals surface area contributed by atoms with E-state index in [0.29, 0.717) is 5.92 Å². The minimum atomic E-state index is 0.370. The van der Waals surface area contributed by atoms with Crippen LogP contribution < -0.4 is 10.1 Å². The summed E-state index contributed by atoms with van der Waals surface area (Å²) in [4.78, 5) is 4.43. The number of aromatic nitrogens is 4. The number of fused-ring (bicyclic) bond motifs is 1. The fourth-order valence-corrected chi connectivity index (χ4v) is 3.06. The fourth-order valence-electron chi connectivity index (χ4n) is 3.06. The molecule has 0 fully saturated rings. The molecule has 3 aromatic rings. The van der Waals surface area contributed by atoms with E-state index in [4.69, 9.17) is 4.74 Å². The Balaban J connectivity index is 1.64. The molecule has 1 aromatic carbocycles. The monoisotopic (exact) mass is 327 g/mol. The zero-order valence-electron chi connectivity index (χ0n) is 14.8. The molecule has 0 aliphatic carbocycles. The molecular weight excluding hydrogens is 302 g/mol. The number of hydrogen-bond donors (Lipinski definition) is 1. The summed E-state index contributed by atoms with van der Waals surface area (Å²) in [6, 6.07) is 8.20. The van der Waals surface area contributed by atoms with E-state index in [0.717, 1.165) is 42.3 Å². The van der Waals surface area contributed by atoms with Gasteiger partial charge in [-0.15, -0.1) is 0 Å². The lowest BCUT2D eigenvalue weighted by molar-refractivity contribution is 0.368. The van der Waals surface area contributed by atoms with Crippen molar-refractivity contribution < 1.29 is 4.74 Å². The number of benzene rings is 1. The highest BCUT2D eigenvalue weighted by atomic mass is 16.5. The van der Waals surface area contributed by atoms with Crippen molar-refractivity contribution in [2.45, 2.75) is 32.9 Å². The van der Waals surface area contributed by atoms with Crippen LogP contribution in [0.4, 0.5) is 0 Å². The summed E-state index contributed by atoms with van der Waals surface area (Å²) in [6.45, 7) is 6.79. The Kier molecular flexibility index (Phi) is 4.85. The molecule has 0 saturated heterocycles. The molecule has 2 aromatic heterocycles. The smallest absolute Gasteiger partial charge is 0.216 e. The minimum absolute atomic E-state index is 0.370. The lowest BCUT2D eigenvalue weighted by Gasteiger charge is -2.10. The zero-order valence-corrected chi connectivity index (χ0v) is 14.8. The number of para-hydroxylation sites is 2. The highest BCUT2D eigenvalue weighted by Gasteiger charge is 2.18. The molecule has 6 heteroatoms. The molecule has 6 nitrogen and oxygen atoms in total. The Morgan fingerprint density at radius 3 is 2.79 bits per heavy atom. The van der Waals surface area contributed by atoms with Gasteiger partial charge in [0.15, 0.2) is 0 Å². The number of nitrogens with zero attached hydrogens (tertiary/aromatic N) is 4. The normalized spacial score (nSPS) is 11.5. The molecule has 0 spiro atoms. The van der Waals surface area contributed by atoms with E-state index < -0.39 is 0 Å². The Morgan fingerprint density at radius 1 is 1.25 bits per heavy atom. The molecule has 0 aliphatic rings. The van der Waals surface area contributed by atoms with Gasteiger partial charge in [-0.25, -0.2) is 9.67 Å². The van der Waals surface area contributed by atoms with Crippen molar-refractivity contribution in [2.24, 2.45) is 7.05 Å². The van der Waals surface area contributed by atoms with E-state index in [9.17, 15) is 0 Å². The molecule has 24 heavy (non-hydrogen) atoms. The molecule has 0 radical (unpaired) electrons. The van der Waals surface area contributed by atoms with Crippen LogP contribution in [0.1, 0.15) is 31.0 Å². The first-order valence-electron chi connectivity index (χ1n) is 8.32. The first-order chi connectivity index (χ1) is 11.6. The summed E-state index contributed by atoms with van der Waals surface area (Å²) in [7, 11) is 3.62. The van der Waals surface area contributed by atoms with Crippen LogP contribution in [0.3, 0.4) is 0 Å². The topological polar surface area (TPSA) is 56.9 Å². The van der Waals surface area contributed by atoms with Gasteiger partial charge in [0.1, 0.15) is 0 Å². The van der Waals surface area contributed by atoms with Crippen LogP contribution in [-0.2, 0) is 20.1 Å². The second-order valence-electron chi connectivity index (χ2n) is 6.25. The van der Waals surface area contributed by atoms with Crippen molar-refractivity contribution in [1.82, 2.24) is 24.6 Å². The Hall–Kier alpha value is -2.34. The highest BCUT2D eigenvalue weighted by molar-refractivity contribution is 5.74. The van der Waals surface area contributed by atoms with Gasteiger partial charge >= 0.3 is 0 Å². The maximum atomic E-state index is 5.51. The summed E-state index contributed by atoms with van der Waals surface area (Å²) in [5, 5.41) is 8.09. The van der Waals surface area contributed by atoms with E-state index in [1.807, 2.05) is 36.3 Å². The van der Waals surface area contributed by atoms with Gasteiger partial charge in [-0.05, 0) is 18.1 Å². The van der Waals surface area contributed by atoms with Gasteiger partial charge in [-0.1, -0.05) is 26.0 Å². The van der Waals surface area contributed by atoms with Gasteiger partial charge in [0, 0.05) is 26.7 Å². The molecule has 0 bridgehead atoms. The van der Waals surface area contributed by atoms with E-state index >= 15 is 0 Å². The molecule has 2 heterocycles. The van der Waals surface area contributed by atoms with Crippen molar-refractivity contribution in [3.05, 3.63) is 41.9 Å². The molecule has 0 saturated carbocycles. The molecule has 0 atom stereocenters. The average Bonchev–Trinajstić information content (AvgIpc) is 3.12. The molecule has 1 N–H and O–H groups in total. The zero-order chi connectivity index (χ0) is 17.1. The number of rotatable bonds is 7. The van der Waals surface area contributed by atoms with Crippen LogP contribution in [0.25, 0.3) is 11.0 Å². The average molecular weight is 327 g/mol. The predicted octanol–water partition coefficient (Wildman–Crippen LogP) is 2.69.